The van der Waals surface area contributed by atoms with Crippen LogP contribution in [0.15, 0.2) is 16.6 Å². The minimum absolute atomic E-state index is 0.0405. The third-order valence-corrected chi connectivity index (χ3v) is 4.44. The summed E-state index contributed by atoms with van der Waals surface area (Å²) in [4.78, 5) is 14.3. The maximum Gasteiger partial charge on any atom is 0.246 e. The number of halogens is 1. The molecule has 116 valence electrons. The number of anilines is 2. The molecule has 1 aliphatic rings. The van der Waals surface area contributed by atoms with E-state index in [4.69, 9.17) is 0 Å². The molecule has 0 bridgehead atoms. The first-order chi connectivity index (χ1) is 10.1. The maximum atomic E-state index is 12.1. The summed E-state index contributed by atoms with van der Waals surface area (Å²) in [5, 5.41) is 6.29. The number of nitrogens with zero attached hydrogens (tertiary/aromatic N) is 1. The number of unbranched alkanes of at least 4 members (excludes halogenated alkanes) is 1. The summed E-state index contributed by atoms with van der Waals surface area (Å²) in [5.74, 6) is 0.0405. The lowest BCUT2D eigenvalue weighted by Crippen LogP contribution is -2.28. The molecule has 0 radical (unpaired) electrons. The minimum atomic E-state index is -0.230. The van der Waals surface area contributed by atoms with E-state index in [1.807, 2.05) is 0 Å². The third kappa shape index (κ3) is 3.58. The molecule has 0 saturated heterocycles. The summed E-state index contributed by atoms with van der Waals surface area (Å²) in [7, 11) is 2.09. The molecule has 1 aliphatic heterocycles. The average molecular weight is 354 g/mol. The Kier molecular flexibility index (Phi) is 5.65. The molecule has 0 saturated carbocycles. The zero-order valence-corrected chi connectivity index (χ0v) is 14.6. The number of carbonyl (C=O) groups is 1. The number of fused-ring (bicyclic) bond motifs is 1. The van der Waals surface area contributed by atoms with Crippen molar-refractivity contribution < 1.29 is 4.79 Å². The monoisotopic (exact) mass is 353 g/mol. The van der Waals surface area contributed by atoms with Crippen molar-refractivity contribution in [3.8, 4) is 0 Å². The SMILES string of the molecule is CCCCN(C)c1cc2c(cc1Br)C(NCCC)C(=O)N2. The van der Waals surface area contributed by atoms with Crippen LogP contribution in [-0.4, -0.2) is 26.0 Å². The highest BCUT2D eigenvalue weighted by molar-refractivity contribution is 9.10. The number of nitrogens with one attached hydrogen (secondary N) is 2. The molecule has 1 heterocycles. The summed E-state index contributed by atoms with van der Waals surface area (Å²) in [6, 6.07) is 3.91. The molecule has 0 aliphatic carbocycles. The lowest BCUT2D eigenvalue weighted by molar-refractivity contribution is -0.117. The molecule has 4 nitrogen and oxygen atoms in total. The molecule has 2 rings (SSSR count). The Bertz CT molecular complexity index is 518. The van der Waals surface area contributed by atoms with Gasteiger partial charge in [-0.2, -0.15) is 0 Å². The first-order valence-electron chi connectivity index (χ1n) is 7.67. The third-order valence-electron chi connectivity index (χ3n) is 3.81. The molecule has 1 unspecified atom stereocenters. The zero-order valence-electron chi connectivity index (χ0n) is 13.0. The van der Waals surface area contributed by atoms with Crippen molar-refractivity contribution in [2.75, 3.05) is 30.4 Å². The average Bonchev–Trinajstić information content (AvgIpc) is 2.76. The largest absolute Gasteiger partial charge is 0.374 e. The Morgan fingerprint density at radius 1 is 1.33 bits per heavy atom. The molecule has 0 spiro atoms. The Hall–Kier alpha value is -1.07. The van der Waals surface area contributed by atoms with E-state index >= 15 is 0 Å². The summed E-state index contributed by atoms with van der Waals surface area (Å²) < 4.78 is 1.04. The van der Waals surface area contributed by atoms with Gasteiger partial charge in [-0.3, -0.25) is 4.79 Å². The molecule has 5 heteroatoms. The zero-order chi connectivity index (χ0) is 15.4. The second kappa shape index (κ2) is 7.27. The van der Waals surface area contributed by atoms with Gasteiger partial charge < -0.3 is 15.5 Å². The Morgan fingerprint density at radius 2 is 2.10 bits per heavy atom. The van der Waals surface area contributed by atoms with Gasteiger partial charge in [-0.1, -0.05) is 20.3 Å². The van der Waals surface area contributed by atoms with E-state index in [1.165, 1.54) is 6.42 Å². The van der Waals surface area contributed by atoms with E-state index in [-0.39, 0.29) is 11.9 Å². The Morgan fingerprint density at radius 3 is 2.76 bits per heavy atom. The van der Waals surface area contributed by atoms with Gasteiger partial charge in [0, 0.05) is 29.3 Å². The van der Waals surface area contributed by atoms with Gasteiger partial charge in [0.1, 0.15) is 6.04 Å². The molecule has 1 amide bonds. The van der Waals surface area contributed by atoms with E-state index in [0.29, 0.717) is 0 Å². The molecule has 0 fully saturated rings. The van der Waals surface area contributed by atoms with Crippen LogP contribution < -0.4 is 15.5 Å². The second-order valence-corrected chi connectivity index (χ2v) is 6.40. The molecule has 1 aromatic carbocycles. The van der Waals surface area contributed by atoms with Crippen LogP contribution in [-0.2, 0) is 4.79 Å². The normalized spacial score (nSPS) is 16.8. The number of amides is 1. The van der Waals surface area contributed by atoms with Gasteiger partial charge in [-0.15, -0.1) is 0 Å². The first kappa shape index (κ1) is 16.3. The highest BCUT2D eigenvalue weighted by Gasteiger charge is 2.31. The summed E-state index contributed by atoms with van der Waals surface area (Å²) in [5.41, 5.74) is 3.08. The second-order valence-electron chi connectivity index (χ2n) is 5.54. The van der Waals surface area contributed by atoms with Crippen LogP contribution in [0.3, 0.4) is 0 Å². The fourth-order valence-electron chi connectivity index (χ4n) is 2.57. The Labute approximate surface area is 135 Å². The van der Waals surface area contributed by atoms with Gasteiger partial charge in [0.05, 0.1) is 5.69 Å². The molecular weight excluding hydrogens is 330 g/mol. The standard InChI is InChI=1S/C16H24BrN3O/c1-4-6-8-20(3)14-10-13-11(9-12(14)17)15(16(21)19-13)18-7-5-2/h9-10,15,18H,4-8H2,1-3H3,(H,19,21). The van der Waals surface area contributed by atoms with Crippen LogP contribution in [0.1, 0.15) is 44.7 Å². The lowest BCUT2D eigenvalue weighted by atomic mass is 10.1. The smallest absolute Gasteiger partial charge is 0.246 e. The highest BCUT2D eigenvalue weighted by atomic mass is 79.9. The van der Waals surface area contributed by atoms with Crippen molar-refractivity contribution in [2.45, 2.75) is 39.2 Å². The van der Waals surface area contributed by atoms with E-state index in [0.717, 1.165) is 47.3 Å². The van der Waals surface area contributed by atoms with Crippen LogP contribution in [0.4, 0.5) is 11.4 Å². The number of rotatable bonds is 7. The first-order valence-corrected chi connectivity index (χ1v) is 8.46. The van der Waals surface area contributed by atoms with Crippen molar-refractivity contribution in [3.05, 3.63) is 22.2 Å². The van der Waals surface area contributed by atoms with Crippen LogP contribution in [0.25, 0.3) is 0 Å². The summed E-state index contributed by atoms with van der Waals surface area (Å²) in [6.07, 6.45) is 3.35. The van der Waals surface area contributed by atoms with Crippen LogP contribution in [0.2, 0.25) is 0 Å². The molecule has 2 N–H and O–H groups in total. The lowest BCUT2D eigenvalue weighted by Gasteiger charge is -2.22. The summed E-state index contributed by atoms with van der Waals surface area (Å²) in [6.45, 7) is 6.14. The predicted molar refractivity (Wildman–Crippen MR) is 92.0 cm³/mol. The number of hydrogen-bond donors (Lipinski definition) is 2. The van der Waals surface area contributed by atoms with Crippen molar-refractivity contribution >= 4 is 33.2 Å². The predicted octanol–water partition coefficient (Wildman–Crippen LogP) is 3.68. The number of carbonyl (C=O) groups excluding carboxylic acids is 1. The number of hydrogen-bond acceptors (Lipinski definition) is 3. The van der Waals surface area contributed by atoms with Gasteiger partial charge in [0.2, 0.25) is 5.91 Å². The summed E-state index contributed by atoms with van der Waals surface area (Å²) >= 11 is 3.65. The van der Waals surface area contributed by atoms with E-state index in [1.54, 1.807) is 0 Å². The fraction of sp³-hybridized carbons (Fsp3) is 0.562. The quantitative estimate of drug-likeness (QED) is 0.785. The molecule has 21 heavy (non-hydrogen) atoms. The minimum Gasteiger partial charge on any atom is -0.374 e. The van der Waals surface area contributed by atoms with Crippen LogP contribution in [0, 0.1) is 0 Å². The van der Waals surface area contributed by atoms with E-state index < -0.39 is 0 Å². The maximum absolute atomic E-state index is 12.1. The topological polar surface area (TPSA) is 44.4 Å². The van der Waals surface area contributed by atoms with Crippen LogP contribution in [0.5, 0.6) is 0 Å². The van der Waals surface area contributed by atoms with E-state index in [9.17, 15) is 4.79 Å². The van der Waals surface area contributed by atoms with Gasteiger partial charge in [-0.05, 0) is 47.4 Å². The van der Waals surface area contributed by atoms with Gasteiger partial charge in [0.15, 0.2) is 0 Å². The van der Waals surface area contributed by atoms with Crippen molar-refractivity contribution in [1.82, 2.24) is 5.32 Å². The van der Waals surface area contributed by atoms with Gasteiger partial charge >= 0.3 is 0 Å². The van der Waals surface area contributed by atoms with Crippen molar-refractivity contribution in [1.29, 1.82) is 0 Å². The van der Waals surface area contributed by atoms with Crippen LogP contribution >= 0.6 is 15.9 Å². The highest BCUT2D eigenvalue weighted by Crippen LogP contribution is 2.38. The molecule has 1 aromatic rings. The number of benzene rings is 1. The van der Waals surface area contributed by atoms with Crippen molar-refractivity contribution in [2.24, 2.45) is 0 Å². The molecule has 1 atom stereocenters. The Balaban J connectivity index is 2.24. The fourth-order valence-corrected chi connectivity index (χ4v) is 3.23. The van der Waals surface area contributed by atoms with Gasteiger partial charge in [0.25, 0.3) is 0 Å². The van der Waals surface area contributed by atoms with E-state index in [2.05, 4.69) is 64.5 Å². The molecular formula is C16H24BrN3O. The molecule has 0 aromatic heterocycles. The van der Waals surface area contributed by atoms with Gasteiger partial charge in [-0.25, -0.2) is 0 Å². The van der Waals surface area contributed by atoms with Crippen molar-refractivity contribution in [3.63, 3.8) is 0 Å².